The Morgan fingerprint density at radius 3 is 2.79 bits per heavy atom. The van der Waals surface area contributed by atoms with Crippen molar-refractivity contribution in [3.63, 3.8) is 0 Å². The SMILES string of the molecule is Cc1nc(-c2cccs2)cc(N2CCCC2)c1C#N. The molecule has 1 fully saturated rings. The summed E-state index contributed by atoms with van der Waals surface area (Å²) in [5.74, 6) is 0. The first-order chi connectivity index (χ1) is 9.29. The number of hydrogen-bond donors (Lipinski definition) is 0. The number of rotatable bonds is 2. The highest BCUT2D eigenvalue weighted by Gasteiger charge is 2.19. The number of thiophene rings is 1. The number of pyridine rings is 1. The van der Waals surface area contributed by atoms with E-state index in [0.717, 1.165) is 40.6 Å². The molecule has 0 atom stereocenters. The van der Waals surface area contributed by atoms with E-state index in [1.54, 1.807) is 11.3 Å². The highest BCUT2D eigenvalue weighted by atomic mass is 32.1. The zero-order valence-corrected chi connectivity index (χ0v) is 11.7. The summed E-state index contributed by atoms with van der Waals surface area (Å²) in [6.07, 6.45) is 2.42. The minimum absolute atomic E-state index is 0.724. The molecule has 0 unspecified atom stereocenters. The van der Waals surface area contributed by atoms with Crippen molar-refractivity contribution in [2.24, 2.45) is 0 Å². The minimum Gasteiger partial charge on any atom is -0.370 e. The summed E-state index contributed by atoms with van der Waals surface area (Å²) in [4.78, 5) is 8.05. The van der Waals surface area contributed by atoms with Crippen LogP contribution in [0.5, 0.6) is 0 Å². The lowest BCUT2D eigenvalue weighted by Crippen LogP contribution is -2.19. The van der Waals surface area contributed by atoms with Crippen LogP contribution in [0, 0.1) is 18.3 Å². The first-order valence-corrected chi connectivity index (χ1v) is 7.38. The maximum Gasteiger partial charge on any atom is 0.103 e. The van der Waals surface area contributed by atoms with Gasteiger partial charge in [0.25, 0.3) is 0 Å². The third-order valence-electron chi connectivity index (χ3n) is 3.51. The second-order valence-electron chi connectivity index (χ2n) is 4.77. The molecule has 1 saturated heterocycles. The van der Waals surface area contributed by atoms with Gasteiger partial charge in [-0.05, 0) is 37.3 Å². The van der Waals surface area contributed by atoms with Crippen LogP contribution in [0.25, 0.3) is 10.6 Å². The summed E-state index contributed by atoms with van der Waals surface area (Å²) >= 11 is 1.69. The lowest BCUT2D eigenvalue weighted by Gasteiger charge is -2.20. The van der Waals surface area contributed by atoms with E-state index < -0.39 is 0 Å². The van der Waals surface area contributed by atoms with E-state index >= 15 is 0 Å². The molecule has 1 aliphatic rings. The maximum atomic E-state index is 9.37. The van der Waals surface area contributed by atoms with E-state index in [4.69, 9.17) is 0 Å². The zero-order chi connectivity index (χ0) is 13.2. The Bertz CT molecular complexity index is 620. The lowest BCUT2D eigenvalue weighted by atomic mass is 10.1. The first-order valence-electron chi connectivity index (χ1n) is 6.50. The molecule has 0 spiro atoms. The molecule has 0 aromatic carbocycles. The average Bonchev–Trinajstić information content (AvgIpc) is 3.11. The number of nitriles is 1. The van der Waals surface area contributed by atoms with Crippen molar-refractivity contribution in [3.8, 4) is 16.6 Å². The van der Waals surface area contributed by atoms with Crippen molar-refractivity contribution < 1.29 is 0 Å². The Balaban J connectivity index is 2.12. The van der Waals surface area contributed by atoms with Gasteiger partial charge in [0.15, 0.2) is 0 Å². The van der Waals surface area contributed by atoms with Gasteiger partial charge >= 0.3 is 0 Å². The van der Waals surface area contributed by atoms with E-state index in [0.29, 0.717) is 0 Å². The summed E-state index contributed by atoms with van der Waals surface area (Å²) in [6, 6.07) is 8.49. The molecule has 3 rings (SSSR count). The molecule has 0 amide bonds. The molecule has 0 aliphatic carbocycles. The first kappa shape index (κ1) is 12.2. The predicted molar refractivity (Wildman–Crippen MR) is 78.4 cm³/mol. The number of aromatic nitrogens is 1. The van der Waals surface area contributed by atoms with Crippen LogP contribution in [0.15, 0.2) is 23.6 Å². The molecular formula is C15H15N3S. The third kappa shape index (κ3) is 2.22. The highest BCUT2D eigenvalue weighted by Crippen LogP contribution is 2.32. The van der Waals surface area contributed by atoms with Gasteiger partial charge in [-0.25, -0.2) is 0 Å². The monoisotopic (exact) mass is 269 g/mol. The van der Waals surface area contributed by atoms with Crippen LogP contribution in [-0.2, 0) is 0 Å². The number of anilines is 1. The molecule has 2 aromatic heterocycles. The minimum atomic E-state index is 0.724. The van der Waals surface area contributed by atoms with E-state index in [1.807, 2.05) is 13.0 Å². The van der Waals surface area contributed by atoms with E-state index in [2.05, 4.69) is 33.5 Å². The average molecular weight is 269 g/mol. The van der Waals surface area contributed by atoms with Crippen molar-refractivity contribution in [2.45, 2.75) is 19.8 Å². The molecule has 0 radical (unpaired) electrons. The Hall–Kier alpha value is -1.86. The molecule has 19 heavy (non-hydrogen) atoms. The fourth-order valence-electron chi connectivity index (χ4n) is 2.55. The van der Waals surface area contributed by atoms with Crippen LogP contribution in [0.3, 0.4) is 0 Å². The molecule has 0 saturated carbocycles. The van der Waals surface area contributed by atoms with Crippen molar-refractivity contribution in [1.82, 2.24) is 4.98 Å². The molecule has 4 heteroatoms. The summed E-state index contributed by atoms with van der Waals surface area (Å²) in [5, 5.41) is 11.4. The van der Waals surface area contributed by atoms with Crippen LogP contribution in [0.2, 0.25) is 0 Å². The molecule has 96 valence electrons. The molecule has 1 aliphatic heterocycles. The van der Waals surface area contributed by atoms with Crippen molar-refractivity contribution >= 4 is 17.0 Å². The number of nitrogens with zero attached hydrogens (tertiary/aromatic N) is 3. The second-order valence-corrected chi connectivity index (χ2v) is 5.72. The van der Waals surface area contributed by atoms with E-state index in [-0.39, 0.29) is 0 Å². The Morgan fingerprint density at radius 2 is 2.16 bits per heavy atom. The van der Waals surface area contributed by atoms with Crippen molar-refractivity contribution in [3.05, 3.63) is 34.8 Å². The highest BCUT2D eigenvalue weighted by molar-refractivity contribution is 7.13. The van der Waals surface area contributed by atoms with Gasteiger partial charge in [0, 0.05) is 13.1 Å². The van der Waals surface area contributed by atoms with E-state index in [1.165, 1.54) is 12.8 Å². The fourth-order valence-corrected chi connectivity index (χ4v) is 3.24. The Morgan fingerprint density at radius 1 is 1.37 bits per heavy atom. The maximum absolute atomic E-state index is 9.37. The molecule has 0 bridgehead atoms. The van der Waals surface area contributed by atoms with Gasteiger partial charge < -0.3 is 4.90 Å². The number of aryl methyl sites for hydroxylation is 1. The van der Waals surface area contributed by atoms with E-state index in [9.17, 15) is 5.26 Å². The normalized spacial score (nSPS) is 14.6. The lowest BCUT2D eigenvalue weighted by molar-refractivity contribution is 0.949. The van der Waals surface area contributed by atoms with Gasteiger partial charge in [-0.1, -0.05) is 6.07 Å². The van der Waals surface area contributed by atoms with Crippen LogP contribution in [0.1, 0.15) is 24.1 Å². The van der Waals surface area contributed by atoms with Gasteiger partial charge in [-0.15, -0.1) is 11.3 Å². The van der Waals surface area contributed by atoms with Crippen molar-refractivity contribution in [1.29, 1.82) is 5.26 Å². The Kier molecular flexibility index (Phi) is 3.22. The summed E-state index contributed by atoms with van der Waals surface area (Å²) < 4.78 is 0. The molecule has 3 nitrogen and oxygen atoms in total. The quantitative estimate of drug-likeness (QED) is 0.836. The molecule has 0 N–H and O–H groups in total. The van der Waals surface area contributed by atoms with Crippen LogP contribution in [0.4, 0.5) is 5.69 Å². The van der Waals surface area contributed by atoms with Crippen LogP contribution in [-0.4, -0.2) is 18.1 Å². The van der Waals surface area contributed by atoms with Gasteiger partial charge in [-0.2, -0.15) is 5.26 Å². The summed E-state index contributed by atoms with van der Waals surface area (Å²) in [7, 11) is 0. The fraction of sp³-hybridized carbons (Fsp3) is 0.333. The molecular weight excluding hydrogens is 254 g/mol. The summed E-state index contributed by atoms with van der Waals surface area (Å²) in [6.45, 7) is 4.01. The largest absolute Gasteiger partial charge is 0.370 e. The summed E-state index contributed by atoms with van der Waals surface area (Å²) in [5.41, 5.74) is 3.59. The van der Waals surface area contributed by atoms with Gasteiger partial charge in [0.2, 0.25) is 0 Å². The van der Waals surface area contributed by atoms with Gasteiger partial charge in [0.1, 0.15) is 6.07 Å². The standard InChI is InChI=1S/C15H15N3S/c1-11-12(10-16)14(18-6-2-3-7-18)9-13(17-11)15-5-4-8-19-15/h4-5,8-9H,2-3,6-7H2,1H3. The van der Waals surface area contributed by atoms with Gasteiger partial charge in [0.05, 0.1) is 27.5 Å². The third-order valence-corrected chi connectivity index (χ3v) is 4.40. The molecule has 3 heterocycles. The van der Waals surface area contributed by atoms with Crippen LogP contribution < -0.4 is 4.90 Å². The van der Waals surface area contributed by atoms with Gasteiger partial charge in [-0.3, -0.25) is 4.98 Å². The number of hydrogen-bond acceptors (Lipinski definition) is 4. The smallest absolute Gasteiger partial charge is 0.103 e. The van der Waals surface area contributed by atoms with Crippen molar-refractivity contribution in [2.75, 3.05) is 18.0 Å². The predicted octanol–water partition coefficient (Wildman–Crippen LogP) is 3.59. The Labute approximate surface area is 117 Å². The zero-order valence-electron chi connectivity index (χ0n) is 10.9. The molecule has 2 aromatic rings. The topological polar surface area (TPSA) is 39.9 Å². The second kappa shape index (κ2) is 5.02. The van der Waals surface area contributed by atoms with Crippen LogP contribution >= 0.6 is 11.3 Å².